The molecule has 3 nitrogen and oxygen atoms in total. The van der Waals surface area contributed by atoms with Crippen molar-refractivity contribution in [3.63, 3.8) is 0 Å². The van der Waals surface area contributed by atoms with E-state index < -0.39 is 5.60 Å². The van der Waals surface area contributed by atoms with Gasteiger partial charge in [-0.15, -0.1) is 0 Å². The van der Waals surface area contributed by atoms with Crippen LogP contribution in [0.5, 0.6) is 0 Å². The summed E-state index contributed by atoms with van der Waals surface area (Å²) in [5.41, 5.74) is -1.00. The molecule has 0 aliphatic rings. The molecule has 54 valence electrons. The molecule has 0 fully saturated rings. The summed E-state index contributed by atoms with van der Waals surface area (Å²) in [6, 6.07) is 0. The van der Waals surface area contributed by atoms with E-state index in [2.05, 4.69) is 0 Å². The Morgan fingerprint density at radius 2 is 2.22 bits per heavy atom. The first-order valence-corrected chi connectivity index (χ1v) is 2.74. The van der Waals surface area contributed by atoms with E-state index in [0.717, 1.165) is 0 Å². The summed E-state index contributed by atoms with van der Waals surface area (Å²) in [6.45, 7) is 2.67. The molecule has 3 heteroatoms. The van der Waals surface area contributed by atoms with Crippen molar-refractivity contribution in [2.24, 2.45) is 0 Å². The van der Waals surface area contributed by atoms with E-state index in [1.54, 1.807) is 6.92 Å². The maximum atomic E-state index is 10.6. The fourth-order valence-corrected chi connectivity index (χ4v) is 0.320. The van der Waals surface area contributed by atoms with Crippen LogP contribution < -0.4 is 0 Å². The fraction of sp³-hybridized carbons (Fsp3) is 0.833. The van der Waals surface area contributed by atoms with Gasteiger partial charge in [-0.1, -0.05) is 0 Å². The zero-order valence-electron chi connectivity index (χ0n) is 5.97. The first-order valence-electron chi connectivity index (χ1n) is 2.74. The van der Waals surface area contributed by atoms with Gasteiger partial charge in [0.15, 0.2) is 5.78 Å². The topological polar surface area (TPSA) is 46.5 Å². The fourth-order valence-electron chi connectivity index (χ4n) is 0.320. The molecule has 0 bridgehead atoms. The number of hydrogen-bond donors (Lipinski definition) is 1. The van der Waals surface area contributed by atoms with E-state index in [1.165, 1.54) is 14.0 Å². The van der Waals surface area contributed by atoms with Gasteiger partial charge in [0, 0.05) is 7.11 Å². The first-order chi connectivity index (χ1) is 4.06. The van der Waals surface area contributed by atoms with Crippen molar-refractivity contribution in [1.29, 1.82) is 0 Å². The predicted octanol–water partition coefficient (Wildman–Crippen LogP) is -0.0272. The summed E-state index contributed by atoms with van der Waals surface area (Å²) >= 11 is 0. The number of methoxy groups -OCH3 is 1. The Balaban J connectivity index is 4.09. The number of Topliss-reactive ketones (excluding diaryl/α,β-unsaturated/α-hetero) is 1. The molecule has 0 aliphatic heterocycles. The van der Waals surface area contributed by atoms with Crippen molar-refractivity contribution in [1.82, 2.24) is 0 Å². The highest BCUT2D eigenvalue weighted by molar-refractivity contribution is 5.84. The summed E-state index contributed by atoms with van der Waals surface area (Å²) in [6.07, 6.45) is 0. The summed E-state index contributed by atoms with van der Waals surface area (Å²) < 4.78 is 4.75. The third-order valence-electron chi connectivity index (χ3n) is 1.50. The first kappa shape index (κ1) is 8.59. The quantitative estimate of drug-likeness (QED) is 0.586. The average molecular weight is 132 g/mol. The number of hydrogen-bond acceptors (Lipinski definition) is 3. The summed E-state index contributed by atoms with van der Waals surface area (Å²) in [4.78, 5) is 10.6. The second-order valence-corrected chi connectivity index (χ2v) is 2.15. The van der Waals surface area contributed by atoms with Crippen molar-refractivity contribution in [3.8, 4) is 0 Å². The van der Waals surface area contributed by atoms with Crippen LogP contribution in [0.4, 0.5) is 0 Å². The van der Waals surface area contributed by atoms with E-state index in [4.69, 9.17) is 9.84 Å². The summed E-state index contributed by atoms with van der Waals surface area (Å²) in [5, 5.41) is 8.61. The molecule has 0 radical (unpaired) electrons. The van der Waals surface area contributed by atoms with Gasteiger partial charge in [0.2, 0.25) is 0 Å². The van der Waals surface area contributed by atoms with E-state index in [0.29, 0.717) is 0 Å². The minimum absolute atomic E-state index is 0.160. The SMILES string of the molecule is COC(C)(CO)C(C)=O. The van der Waals surface area contributed by atoms with Gasteiger partial charge in [0.25, 0.3) is 0 Å². The molecule has 1 N–H and O–H groups in total. The van der Waals surface area contributed by atoms with Gasteiger partial charge in [-0.2, -0.15) is 0 Å². The summed E-state index contributed by atoms with van der Waals surface area (Å²) in [5.74, 6) is -0.160. The normalized spacial score (nSPS) is 16.9. The molecule has 0 rings (SSSR count). The number of aliphatic hydroxyl groups is 1. The highest BCUT2D eigenvalue weighted by atomic mass is 16.5. The van der Waals surface area contributed by atoms with Gasteiger partial charge in [-0.25, -0.2) is 0 Å². The molecule has 9 heavy (non-hydrogen) atoms. The predicted molar refractivity (Wildman–Crippen MR) is 33.2 cm³/mol. The summed E-state index contributed by atoms with van der Waals surface area (Å²) in [7, 11) is 1.40. The lowest BCUT2D eigenvalue weighted by molar-refractivity contribution is -0.141. The van der Waals surface area contributed by atoms with Crippen molar-refractivity contribution < 1.29 is 14.6 Å². The average Bonchev–Trinajstić information content (AvgIpc) is 1.86. The third kappa shape index (κ3) is 1.77. The molecule has 0 spiro atoms. The Labute approximate surface area is 54.6 Å². The minimum atomic E-state index is -1.00. The van der Waals surface area contributed by atoms with Gasteiger partial charge in [-0.05, 0) is 13.8 Å². The Bertz CT molecular complexity index is 105. The molecule has 0 saturated carbocycles. The van der Waals surface area contributed by atoms with Gasteiger partial charge < -0.3 is 9.84 Å². The van der Waals surface area contributed by atoms with Crippen LogP contribution in [0.15, 0.2) is 0 Å². The number of ketones is 1. The third-order valence-corrected chi connectivity index (χ3v) is 1.50. The van der Waals surface area contributed by atoms with Gasteiger partial charge in [0.05, 0.1) is 6.61 Å². The molecule has 1 atom stereocenters. The Kier molecular flexibility index (Phi) is 2.81. The van der Waals surface area contributed by atoms with Crippen LogP contribution in [-0.4, -0.2) is 30.2 Å². The lowest BCUT2D eigenvalue weighted by Gasteiger charge is -2.21. The molecule has 0 aromatic carbocycles. The number of aliphatic hydroxyl groups excluding tert-OH is 1. The van der Waals surface area contributed by atoms with Crippen LogP contribution in [0.25, 0.3) is 0 Å². The molecule has 1 unspecified atom stereocenters. The number of carbonyl (C=O) groups excluding carboxylic acids is 1. The number of carbonyl (C=O) groups is 1. The number of rotatable bonds is 3. The zero-order valence-corrected chi connectivity index (χ0v) is 5.97. The van der Waals surface area contributed by atoms with Crippen molar-refractivity contribution in [2.75, 3.05) is 13.7 Å². The van der Waals surface area contributed by atoms with E-state index >= 15 is 0 Å². The molecular formula is C6H12O3. The van der Waals surface area contributed by atoms with E-state index in [9.17, 15) is 4.79 Å². The largest absolute Gasteiger partial charge is 0.393 e. The van der Waals surface area contributed by atoms with Crippen LogP contribution in [0.1, 0.15) is 13.8 Å². The van der Waals surface area contributed by atoms with Crippen LogP contribution in [0.3, 0.4) is 0 Å². The highest BCUT2D eigenvalue weighted by Crippen LogP contribution is 2.07. The minimum Gasteiger partial charge on any atom is -0.393 e. The molecule has 0 amide bonds. The molecule has 0 aromatic heterocycles. The Morgan fingerprint density at radius 3 is 2.22 bits per heavy atom. The second kappa shape index (κ2) is 2.94. The van der Waals surface area contributed by atoms with Crippen molar-refractivity contribution in [3.05, 3.63) is 0 Å². The van der Waals surface area contributed by atoms with E-state index in [-0.39, 0.29) is 12.4 Å². The smallest absolute Gasteiger partial charge is 0.163 e. The van der Waals surface area contributed by atoms with Crippen LogP contribution >= 0.6 is 0 Å². The second-order valence-electron chi connectivity index (χ2n) is 2.15. The molecular weight excluding hydrogens is 120 g/mol. The van der Waals surface area contributed by atoms with Gasteiger partial charge in [0.1, 0.15) is 5.60 Å². The van der Waals surface area contributed by atoms with Gasteiger partial charge >= 0.3 is 0 Å². The molecule has 0 aliphatic carbocycles. The standard InChI is InChI=1S/C6H12O3/c1-5(8)6(2,4-7)9-3/h7H,4H2,1-3H3. The van der Waals surface area contributed by atoms with Crippen LogP contribution in [-0.2, 0) is 9.53 Å². The maximum Gasteiger partial charge on any atom is 0.163 e. The van der Waals surface area contributed by atoms with Crippen molar-refractivity contribution in [2.45, 2.75) is 19.4 Å². The Hall–Kier alpha value is -0.410. The zero-order chi connectivity index (χ0) is 7.49. The molecule has 0 saturated heterocycles. The Morgan fingerprint density at radius 1 is 1.78 bits per heavy atom. The van der Waals surface area contributed by atoms with Crippen LogP contribution in [0, 0.1) is 0 Å². The van der Waals surface area contributed by atoms with Crippen molar-refractivity contribution >= 4 is 5.78 Å². The maximum absolute atomic E-state index is 10.6. The lowest BCUT2D eigenvalue weighted by Crippen LogP contribution is -2.39. The van der Waals surface area contributed by atoms with Gasteiger partial charge in [-0.3, -0.25) is 4.79 Å². The monoisotopic (exact) mass is 132 g/mol. The molecule has 0 aromatic rings. The van der Waals surface area contributed by atoms with E-state index in [1.807, 2.05) is 0 Å². The number of ether oxygens (including phenoxy) is 1. The highest BCUT2D eigenvalue weighted by Gasteiger charge is 2.27. The van der Waals surface area contributed by atoms with Crippen LogP contribution in [0.2, 0.25) is 0 Å². The lowest BCUT2D eigenvalue weighted by atomic mass is 10.0. The molecule has 0 heterocycles.